The van der Waals surface area contributed by atoms with Gasteiger partial charge in [0.2, 0.25) is 5.78 Å². The van der Waals surface area contributed by atoms with Crippen LogP contribution in [-0.4, -0.2) is 29.4 Å². The van der Waals surface area contributed by atoms with E-state index in [1.165, 1.54) is 31.2 Å². The summed E-state index contributed by atoms with van der Waals surface area (Å²) < 4.78 is 10.3. The average molecular weight is 378 g/mol. The summed E-state index contributed by atoms with van der Waals surface area (Å²) in [5.74, 6) is -1.19. The largest absolute Gasteiger partial charge is 0.487 e. The number of ketones is 1. The van der Waals surface area contributed by atoms with Crippen LogP contribution in [0, 0.1) is 10.1 Å². The van der Waals surface area contributed by atoms with Gasteiger partial charge in [-0.3, -0.25) is 14.9 Å². The summed E-state index contributed by atoms with van der Waals surface area (Å²) >= 11 is 5.77. The predicted octanol–water partition coefficient (Wildman–Crippen LogP) is 4.08. The van der Waals surface area contributed by atoms with E-state index in [1.54, 1.807) is 19.1 Å². The number of hydrogen-bond acceptors (Lipinski definition) is 6. The van der Waals surface area contributed by atoms with E-state index < -0.39 is 22.8 Å². The molecular formula is C18H16ClNO6. The molecule has 26 heavy (non-hydrogen) atoms. The SMILES string of the molecule is CCOc1ccc(C(=O)O[C@H](C)C(=O)c2ccc(Cl)cc2)cc1[N+](=O)[O-]. The maximum Gasteiger partial charge on any atom is 0.339 e. The number of nitro benzene ring substituents is 1. The Bertz CT molecular complexity index is 834. The van der Waals surface area contributed by atoms with E-state index in [0.717, 1.165) is 6.07 Å². The molecule has 0 bridgehead atoms. The second-order valence-electron chi connectivity index (χ2n) is 5.29. The topological polar surface area (TPSA) is 95.7 Å². The van der Waals surface area contributed by atoms with E-state index >= 15 is 0 Å². The van der Waals surface area contributed by atoms with Gasteiger partial charge >= 0.3 is 11.7 Å². The number of halogens is 1. The Kier molecular flexibility index (Phi) is 6.30. The number of nitrogens with zero attached hydrogens (tertiary/aromatic N) is 1. The molecule has 1 atom stereocenters. The first-order valence-corrected chi connectivity index (χ1v) is 8.13. The van der Waals surface area contributed by atoms with Crippen molar-refractivity contribution in [1.82, 2.24) is 0 Å². The van der Waals surface area contributed by atoms with Gasteiger partial charge in [-0.2, -0.15) is 0 Å². The number of rotatable bonds is 7. The minimum absolute atomic E-state index is 0.0455. The zero-order chi connectivity index (χ0) is 19.3. The van der Waals surface area contributed by atoms with Gasteiger partial charge in [0.1, 0.15) is 0 Å². The molecule has 0 heterocycles. The number of nitro groups is 1. The third-order valence-electron chi connectivity index (χ3n) is 3.47. The molecule has 7 nitrogen and oxygen atoms in total. The van der Waals surface area contributed by atoms with Crippen molar-refractivity contribution in [1.29, 1.82) is 0 Å². The third kappa shape index (κ3) is 4.58. The first-order valence-electron chi connectivity index (χ1n) is 7.75. The van der Waals surface area contributed by atoms with Crippen LogP contribution in [0.5, 0.6) is 5.75 Å². The molecule has 2 aromatic carbocycles. The van der Waals surface area contributed by atoms with Crippen LogP contribution in [0.1, 0.15) is 34.6 Å². The maximum atomic E-state index is 12.3. The Morgan fingerprint density at radius 1 is 1.15 bits per heavy atom. The van der Waals surface area contributed by atoms with Gasteiger partial charge in [-0.25, -0.2) is 4.79 Å². The fraction of sp³-hybridized carbons (Fsp3) is 0.222. The van der Waals surface area contributed by atoms with Crippen LogP contribution in [0.2, 0.25) is 5.02 Å². The van der Waals surface area contributed by atoms with Gasteiger partial charge in [0.05, 0.1) is 17.1 Å². The van der Waals surface area contributed by atoms with Gasteiger partial charge in [0, 0.05) is 16.7 Å². The second-order valence-corrected chi connectivity index (χ2v) is 5.73. The highest BCUT2D eigenvalue weighted by molar-refractivity contribution is 6.30. The van der Waals surface area contributed by atoms with E-state index in [0.29, 0.717) is 10.6 Å². The number of benzene rings is 2. The fourth-order valence-corrected chi connectivity index (χ4v) is 2.32. The molecule has 0 fully saturated rings. The number of Topliss-reactive ketones (excluding diaryl/α,β-unsaturated/α-hetero) is 1. The lowest BCUT2D eigenvalue weighted by Crippen LogP contribution is -2.24. The van der Waals surface area contributed by atoms with Crippen LogP contribution >= 0.6 is 11.6 Å². The van der Waals surface area contributed by atoms with E-state index in [4.69, 9.17) is 21.1 Å². The molecule has 136 valence electrons. The van der Waals surface area contributed by atoms with E-state index in [1.807, 2.05) is 0 Å². The van der Waals surface area contributed by atoms with E-state index in [-0.39, 0.29) is 23.6 Å². The highest BCUT2D eigenvalue weighted by Gasteiger charge is 2.23. The molecule has 0 saturated carbocycles. The standard InChI is InChI=1S/C18H16ClNO6/c1-3-25-16-9-6-13(10-15(16)20(23)24)18(22)26-11(2)17(21)12-4-7-14(19)8-5-12/h4-11H,3H2,1-2H3/t11-/m1/s1. The quantitative estimate of drug-likeness (QED) is 0.312. The zero-order valence-corrected chi connectivity index (χ0v) is 14.9. The van der Waals surface area contributed by atoms with Gasteiger partial charge in [-0.05, 0) is 50.2 Å². The molecule has 2 rings (SSSR count). The highest BCUT2D eigenvalue weighted by atomic mass is 35.5. The van der Waals surface area contributed by atoms with E-state index in [2.05, 4.69) is 0 Å². The number of carbonyl (C=O) groups is 2. The van der Waals surface area contributed by atoms with Crippen molar-refractivity contribution in [2.45, 2.75) is 20.0 Å². The van der Waals surface area contributed by atoms with Crippen molar-refractivity contribution >= 4 is 29.0 Å². The van der Waals surface area contributed by atoms with E-state index in [9.17, 15) is 19.7 Å². The number of carbonyl (C=O) groups excluding carboxylic acids is 2. The van der Waals surface area contributed by atoms with Crippen LogP contribution in [0.4, 0.5) is 5.69 Å². The van der Waals surface area contributed by atoms with Crippen molar-refractivity contribution in [3.63, 3.8) is 0 Å². The lowest BCUT2D eigenvalue weighted by atomic mass is 10.1. The minimum atomic E-state index is -1.06. The van der Waals surface area contributed by atoms with Crippen LogP contribution in [0.25, 0.3) is 0 Å². The molecule has 0 aromatic heterocycles. The number of ether oxygens (including phenoxy) is 2. The number of hydrogen-bond donors (Lipinski definition) is 0. The highest BCUT2D eigenvalue weighted by Crippen LogP contribution is 2.28. The summed E-state index contributed by atoms with van der Waals surface area (Å²) in [4.78, 5) is 35.0. The average Bonchev–Trinajstić information content (AvgIpc) is 2.62. The summed E-state index contributed by atoms with van der Waals surface area (Å²) in [6.45, 7) is 3.37. The van der Waals surface area contributed by atoms with Crippen molar-refractivity contribution < 1.29 is 24.0 Å². The molecule has 0 amide bonds. The summed E-state index contributed by atoms with van der Waals surface area (Å²) in [5.41, 5.74) is -0.0544. The molecule has 2 aromatic rings. The molecule has 8 heteroatoms. The van der Waals surface area contributed by atoms with Crippen LogP contribution in [-0.2, 0) is 4.74 Å². The zero-order valence-electron chi connectivity index (χ0n) is 14.1. The minimum Gasteiger partial charge on any atom is -0.487 e. The van der Waals surface area contributed by atoms with Crippen molar-refractivity contribution in [3.8, 4) is 5.75 Å². The second kappa shape index (κ2) is 8.44. The van der Waals surface area contributed by atoms with Crippen molar-refractivity contribution in [2.24, 2.45) is 0 Å². The molecule has 0 N–H and O–H groups in total. The molecule has 0 unspecified atom stereocenters. The summed E-state index contributed by atoms with van der Waals surface area (Å²) in [6.07, 6.45) is -1.06. The Labute approximate surface area is 154 Å². The molecular weight excluding hydrogens is 362 g/mol. The lowest BCUT2D eigenvalue weighted by molar-refractivity contribution is -0.385. The van der Waals surface area contributed by atoms with Gasteiger partial charge < -0.3 is 9.47 Å². The van der Waals surface area contributed by atoms with Crippen LogP contribution < -0.4 is 4.74 Å². The maximum absolute atomic E-state index is 12.3. The molecule has 0 aliphatic rings. The summed E-state index contributed by atoms with van der Waals surface area (Å²) in [7, 11) is 0. The fourth-order valence-electron chi connectivity index (χ4n) is 2.20. The third-order valence-corrected chi connectivity index (χ3v) is 3.72. The van der Waals surface area contributed by atoms with Crippen molar-refractivity contribution in [2.75, 3.05) is 6.61 Å². The molecule has 0 saturated heterocycles. The number of esters is 1. The Morgan fingerprint density at radius 2 is 1.77 bits per heavy atom. The molecule has 0 aliphatic carbocycles. The monoisotopic (exact) mass is 377 g/mol. The van der Waals surface area contributed by atoms with Gasteiger partial charge in [-0.15, -0.1) is 0 Å². The van der Waals surface area contributed by atoms with Gasteiger partial charge in [0.15, 0.2) is 11.9 Å². The normalized spacial score (nSPS) is 11.5. The Balaban J connectivity index is 2.16. The predicted molar refractivity (Wildman–Crippen MR) is 94.9 cm³/mol. The van der Waals surface area contributed by atoms with Crippen LogP contribution in [0.3, 0.4) is 0 Å². The molecule has 0 radical (unpaired) electrons. The Hall–Kier alpha value is -2.93. The smallest absolute Gasteiger partial charge is 0.339 e. The molecule has 0 aliphatic heterocycles. The van der Waals surface area contributed by atoms with Crippen LogP contribution in [0.15, 0.2) is 42.5 Å². The first-order chi connectivity index (χ1) is 12.3. The van der Waals surface area contributed by atoms with Crippen molar-refractivity contribution in [3.05, 3.63) is 68.7 Å². The Morgan fingerprint density at radius 3 is 2.35 bits per heavy atom. The molecule has 0 spiro atoms. The lowest BCUT2D eigenvalue weighted by Gasteiger charge is -2.13. The van der Waals surface area contributed by atoms with Gasteiger partial charge in [-0.1, -0.05) is 11.6 Å². The van der Waals surface area contributed by atoms with Gasteiger partial charge in [0.25, 0.3) is 0 Å². The first kappa shape index (κ1) is 19.4. The summed E-state index contributed by atoms with van der Waals surface area (Å²) in [5, 5.41) is 11.6. The summed E-state index contributed by atoms with van der Waals surface area (Å²) in [6, 6.07) is 9.89.